The molecule has 0 saturated carbocycles. The molecule has 1 heterocycles. The highest BCUT2D eigenvalue weighted by atomic mass is 19.4. The molecular formula is C12H10F3N3O2. The molecule has 0 bridgehead atoms. The van der Waals surface area contributed by atoms with Crippen molar-refractivity contribution in [3.63, 3.8) is 0 Å². The molecule has 1 aromatic carbocycles. The quantitative estimate of drug-likeness (QED) is 0.921. The molecule has 0 saturated heterocycles. The summed E-state index contributed by atoms with van der Waals surface area (Å²) in [6.07, 6.45) is -4.87. The molecule has 8 heteroatoms. The number of carboxylic acids is 1. The zero-order valence-corrected chi connectivity index (χ0v) is 10.6. The maximum Gasteiger partial charge on any atom is 0.436 e. The van der Waals surface area contributed by atoms with E-state index in [4.69, 9.17) is 5.11 Å². The third-order valence-electron chi connectivity index (χ3n) is 2.95. The van der Waals surface area contributed by atoms with Crippen LogP contribution in [-0.4, -0.2) is 26.1 Å². The number of hydrogen-bond acceptors (Lipinski definition) is 3. The maximum atomic E-state index is 13.1. The first kappa shape index (κ1) is 14.0. The second kappa shape index (κ2) is 4.62. The van der Waals surface area contributed by atoms with Gasteiger partial charge in [-0.2, -0.15) is 13.2 Å². The van der Waals surface area contributed by atoms with E-state index in [1.165, 1.54) is 6.07 Å². The van der Waals surface area contributed by atoms with E-state index in [1.807, 2.05) is 0 Å². The molecular weight excluding hydrogens is 275 g/mol. The Morgan fingerprint density at radius 1 is 1.30 bits per heavy atom. The maximum absolute atomic E-state index is 13.1. The van der Waals surface area contributed by atoms with Crippen LogP contribution in [0.4, 0.5) is 13.2 Å². The van der Waals surface area contributed by atoms with Gasteiger partial charge in [0.05, 0.1) is 5.69 Å². The van der Waals surface area contributed by atoms with E-state index in [0.29, 0.717) is 10.2 Å². The van der Waals surface area contributed by atoms with Gasteiger partial charge in [0.25, 0.3) is 0 Å². The first-order chi connectivity index (χ1) is 9.23. The number of alkyl halides is 3. The largest absolute Gasteiger partial charge is 0.476 e. The van der Waals surface area contributed by atoms with Gasteiger partial charge in [0, 0.05) is 0 Å². The summed E-state index contributed by atoms with van der Waals surface area (Å²) in [6.45, 7) is 3.37. The molecule has 0 aliphatic carbocycles. The number of carboxylic acid groups (broad SMARTS) is 1. The van der Waals surface area contributed by atoms with Crippen molar-refractivity contribution in [3.05, 3.63) is 40.7 Å². The monoisotopic (exact) mass is 285 g/mol. The molecule has 20 heavy (non-hydrogen) atoms. The summed E-state index contributed by atoms with van der Waals surface area (Å²) in [5, 5.41) is 15.3. The molecule has 0 aliphatic heterocycles. The molecule has 0 radical (unpaired) electrons. The minimum atomic E-state index is -4.87. The van der Waals surface area contributed by atoms with Crippen LogP contribution in [0.1, 0.15) is 27.3 Å². The molecule has 106 valence electrons. The number of rotatable bonds is 2. The first-order valence-electron chi connectivity index (χ1n) is 5.56. The summed E-state index contributed by atoms with van der Waals surface area (Å²) in [6, 6.07) is 4.74. The molecule has 2 aromatic rings. The van der Waals surface area contributed by atoms with Crippen molar-refractivity contribution in [2.45, 2.75) is 20.0 Å². The summed E-state index contributed by atoms with van der Waals surface area (Å²) in [5.74, 6) is -1.77. The van der Waals surface area contributed by atoms with E-state index < -0.39 is 23.5 Å². The second-order valence-corrected chi connectivity index (χ2v) is 4.22. The van der Waals surface area contributed by atoms with Crippen molar-refractivity contribution in [2.24, 2.45) is 0 Å². The summed E-state index contributed by atoms with van der Waals surface area (Å²) in [4.78, 5) is 10.8. The van der Waals surface area contributed by atoms with Gasteiger partial charge in [0.2, 0.25) is 5.69 Å². The van der Waals surface area contributed by atoms with Gasteiger partial charge >= 0.3 is 12.1 Å². The van der Waals surface area contributed by atoms with Crippen LogP contribution < -0.4 is 0 Å². The molecule has 1 aromatic heterocycles. The zero-order valence-electron chi connectivity index (χ0n) is 10.6. The van der Waals surface area contributed by atoms with Gasteiger partial charge in [0.15, 0.2) is 5.69 Å². The third kappa shape index (κ3) is 2.24. The Bertz CT molecular complexity index is 677. The molecule has 2 rings (SSSR count). The SMILES string of the molecule is Cc1cccc(-n2nnc(C(=O)O)c2C(F)(F)F)c1C. The molecule has 0 amide bonds. The number of aryl methyl sites for hydroxylation is 1. The topological polar surface area (TPSA) is 68.0 Å². The number of aromatic carboxylic acids is 1. The average molecular weight is 285 g/mol. The fourth-order valence-electron chi connectivity index (χ4n) is 1.81. The van der Waals surface area contributed by atoms with Crippen molar-refractivity contribution >= 4 is 5.97 Å². The van der Waals surface area contributed by atoms with Gasteiger partial charge in [-0.3, -0.25) is 0 Å². The van der Waals surface area contributed by atoms with Crippen molar-refractivity contribution in [1.29, 1.82) is 0 Å². The third-order valence-corrected chi connectivity index (χ3v) is 2.95. The van der Waals surface area contributed by atoms with E-state index in [0.717, 1.165) is 5.56 Å². The van der Waals surface area contributed by atoms with Crippen molar-refractivity contribution < 1.29 is 23.1 Å². The molecule has 0 atom stereocenters. The number of nitrogens with zero attached hydrogens (tertiary/aromatic N) is 3. The van der Waals surface area contributed by atoms with Gasteiger partial charge in [-0.1, -0.05) is 17.3 Å². The van der Waals surface area contributed by atoms with Crippen LogP contribution in [0.5, 0.6) is 0 Å². The Morgan fingerprint density at radius 2 is 1.95 bits per heavy atom. The highest BCUT2D eigenvalue weighted by Crippen LogP contribution is 2.33. The summed E-state index contributed by atoms with van der Waals surface area (Å²) >= 11 is 0. The molecule has 5 nitrogen and oxygen atoms in total. The van der Waals surface area contributed by atoms with Gasteiger partial charge in [-0.05, 0) is 31.0 Å². The summed E-state index contributed by atoms with van der Waals surface area (Å²) in [5.41, 5.74) is -1.02. The Hall–Kier alpha value is -2.38. The Kier molecular flexibility index (Phi) is 3.24. The number of halogens is 3. The normalized spacial score (nSPS) is 11.7. The van der Waals surface area contributed by atoms with E-state index in [-0.39, 0.29) is 5.69 Å². The zero-order chi connectivity index (χ0) is 15.1. The van der Waals surface area contributed by atoms with E-state index in [9.17, 15) is 18.0 Å². The predicted molar refractivity (Wildman–Crippen MR) is 62.8 cm³/mol. The number of hydrogen-bond donors (Lipinski definition) is 1. The highest BCUT2D eigenvalue weighted by molar-refractivity contribution is 5.86. The minimum absolute atomic E-state index is 0.150. The molecule has 0 unspecified atom stereocenters. The second-order valence-electron chi connectivity index (χ2n) is 4.22. The van der Waals surface area contributed by atoms with Crippen LogP contribution in [0.3, 0.4) is 0 Å². The molecule has 0 aliphatic rings. The average Bonchev–Trinajstić information content (AvgIpc) is 2.77. The minimum Gasteiger partial charge on any atom is -0.476 e. The predicted octanol–water partition coefficient (Wildman–Crippen LogP) is 2.60. The van der Waals surface area contributed by atoms with Crippen LogP contribution >= 0.6 is 0 Å². The van der Waals surface area contributed by atoms with Crippen LogP contribution in [0.15, 0.2) is 18.2 Å². The van der Waals surface area contributed by atoms with Crippen molar-refractivity contribution in [2.75, 3.05) is 0 Å². The molecule has 1 N–H and O–H groups in total. The fraction of sp³-hybridized carbons (Fsp3) is 0.250. The molecule has 0 fully saturated rings. The number of carbonyl (C=O) groups is 1. The van der Waals surface area contributed by atoms with Gasteiger partial charge in [0.1, 0.15) is 0 Å². The van der Waals surface area contributed by atoms with Crippen LogP contribution in [0.2, 0.25) is 0 Å². The summed E-state index contributed by atoms with van der Waals surface area (Å²) in [7, 11) is 0. The number of aromatic nitrogens is 3. The Morgan fingerprint density at radius 3 is 2.50 bits per heavy atom. The smallest absolute Gasteiger partial charge is 0.436 e. The Balaban J connectivity index is 2.76. The first-order valence-corrected chi connectivity index (χ1v) is 5.56. The lowest BCUT2D eigenvalue weighted by Gasteiger charge is -2.13. The lowest BCUT2D eigenvalue weighted by molar-refractivity contribution is -0.143. The fourth-order valence-corrected chi connectivity index (χ4v) is 1.81. The summed E-state index contributed by atoms with van der Waals surface area (Å²) < 4.78 is 39.7. The van der Waals surface area contributed by atoms with Gasteiger partial charge in [-0.15, -0.1) is 5.10 Å². The van der Waals surface area contributed by atoms with Gasteiger partial charge in [-0.25, -0.2) is 9.48 Å². The van der Waals surface area contributed by atoms with E-state index >= 15 is 0 Å². The number of benzene rings is 1. The molecule has 0 spiro atoms. The standard InChI is InChI=1S/C12H10F3N3O2/c1-6-4-3-5-8(7(6)2)18-10(12(13,14)15)9(11(19)20)16-17-18/h3-5H,1-2H3,(H,19,20). The van der Waals surface area contributed by atoms with Crippen LogP contribution in [0.25, 0.3) is 5.69 Å². The van der Waals surface area contributed by atoms with Crippen LogP contribution in [0, 0.1) is 13.8 Å². The van der Waals surface area contributed by atoms with E-state index in [2.05, 4.69) is 10.3 Å². The van der Waals surface area contributed by atoms with Crippen LogP contribution in [-0.2, 0) is 6.18 Å². The highest BCUT2D eigenvalue weighted by Gasteiger charge is 2.42. The van der Waals surface area contributed by atoms with E-state index in [1.54, 1.807) is 26.0 Å². The van der Waals surface area contributed by atoms with Gasteiger partial charge < -0.3 is 5.11 Å². The lowest BCUT2D eigenvalue weighted by atomic mass is 10.1. The lowest BCUT2D eigenvalue weighted by Crippen LogP contribution is -2.18. The van der Waals surface area contributed by atoms with Crippen molar-refractivity contribution in [3.8, 4) is 5.69 Å². The Labute approximate surface area is 111 Å². The van der Waals surface area contributed by atoms with Crippen molar-refractivity contribution in [1.82, 2.24) is 15.0 Å².